The number of methoxy groups -OCH3 is 1. The van der Waals surface area contributed by atoms with Gasteiger partial charge in [-0.25, -0.2) is 0 Å². The van der Waals surface area contributed by atoms with E-state index in [2.05, 4.69) is 0 Å². The predicted molar refractivity (Wildman–Crippen MR) is 65.4 cm³/mol. The lowest BCUT2D eigenvalue weighted by Crippen LogP contribution is -2.01. The Kier molecular flexibility index (Phi) is 3.01. The zero-order valence-corrected chi connectivity index (χ0v) is 9.10. The van der Waals surface area contributed by atoms with Crippen LogP contribution in [0.3, 0.4) is 0 Å². The van der Waals surface area contributed by atoms with Crippen LogP contribution in [0.25, 0.3) is 0 Å². The van der Waals surface area contributed by atoms with Crippen molar-refractivity contribution in [3.8, 4) is 5.75 Å². The van der Waals surface area contributed by atoms with E-state index < -0.39 is 0 Å². The Balaban J connectivity index is 2.34. The molecule has 2 rings (SSSR count). The van der Waals surface area contributed by atoms with Gasteiger partial charge in [-0.05, 0) is 17.7 Å². The Bertz CT molecular complexity index is 491. The van der Waals surface area contributed by atoms with Crippen molar-refractivity contribution in [3.63, 3.8) is 0 Å². The molecule has 0 unspecified atom stereocenters. The number of hydrogen-bond donors (Lipinski definition) is 1. The van der Waals surface area contributed by atoms with Crippen LogP contribution in [0.2, 0.25) is 0 Å². The molecule has 16 heavy (non-hydrogen) atoms. The van der Waals surface area contributed by atoms with Crippen LogP contribution in [0.15, 0.2) is 54.6 Å². The van der Waals surface area contributed by atoms with Crippen LogP contribution in [-0.2, 0) is 0 Å². The van der Waals surface area contributed by atoms with Crippen molar-refractivity contribution in [2.75, 3.05) is 7.11 Å². The summed E-state index contributed by atoms with van der Waals surface area (Å²) in [7, 11) is 1.63. The summed E-state index contributed by atoms with van der Waals surface area (Å²) < 4.78 is 5.14. The van der Waals surface area contributed by atoms with Crippen LogP contribution in [0.4, 0.5) is 0 Å². The fourth-order valence-electron chi connectivity index (χ4n) is 1.55. The Morgan fingerprint density at radius 2 is 1.62 bits per heavy atom. The maximum atomic E-state index is 8.09. The summed E-state index contributed by atoms with van der Waals surface area (Å²) in [5.74, 6) is 0.776. The molecule has 2 nitrogen and oxygen atoms in total. The molecule has 0 aliphatic carbocycles. The highest BCUT2D eigenvalue weighted by Crippen LogP contribution is 2.15. The topological polar surface area (TPSA) is 33.1 Å². The van der Waals surface area contributed by atoms with Crippen molar-refractivity contribution in [2.45, 2.75) is 0 Å². The van der Waals surface area contributed by atoms with E-state index >= 15 is 0 Å². The second-order valence-electron chi connectivity index (χ2n) is 3.47. The molecule has 0 radical (unpaired) electrons. The van der Waals surface area contributed by atoms with Gasteiger partial charge in [0, 0.05) is 5.56 Å². The lowest BCUT2D eigenvalue weighted by molar-refractivity contribution is 0.414. The molecule has 0 aliphatic heterocycles. The second-order valence-corrected chi connectivity index (χ2v) is 3.47. The summed E-state index contributed by atoms with van der Waals surface area (Å²) in [5, 5.41) is 8.09. The molecule has 1 N–H and O–H groups in total. The van der Waals surface area contributed by atoms with E-state index in [9.17, 15) is 0 Å². The first kappa shape index (κ1) is 10.4. The Morgan fingerprint density at radius 3 is 2.31 bits per heavy atom. The standard InChI is InChI=1S/C14H13NO/c1-16-13-9-5-8-12(10-13)14(15)11-6-3-2-4-7-11/h2-10,15H,1H3. The minimum Gasteiger partial charge on any atom is -0.497 e. The van der Waals surface area contributed by atoms with Gasteiger partial charge in [-0.1, -0.05) is 42.5 Å². The van der Waals surface area contributed by atoms with E-state index in [1.165, 1.54) is 0 Å². The number of nitrogens with one attached hydrogen (secondary N) is 1. The van der Waals surface area contributed by atoms with Crippen molar-refractivity contribution in [3.05, 3.63) is 65.7 Å². The van der Waals surface area contributed by atoms with Crippen molar-refractivity contribution >= 4 is 5.71 Å². The number of ether oxygens (including phenoxy) is 1. The first-order chi connectivity index (χ1) is 7.81. The first-order valence-corrected chi connectivity index (χ1v) is 5.09. The fraction of sp³-hybridized carbons (Fsp3) is 0.0714. The molecule has 0 atom stereocenters. The first-order valence-electron chi connectivity index (χ1n) is 5.09. The molecule has 0 saturated carbocycles. The van der Waals surface area contributed by atoms with Crippen LogP contribution in [0, 0.1) is 5.41 Å². The molecule has 0 spiro atoms. The molecular formula is C14H13NO. The third kappa shape index (κ3) is 2.11. The quantitative estimate of drug-likeness (QED) is 0.777. The van der Waals surface area contributed by atoms with Gasteiger partial charge in [0.2, 0.25) is 0 Å². The normalized spacial score (nSPS) is 9.81. The lowest BCUT2D eigenvalue weighted by atomic mass is 10.0. The molecule has 0 fully saturated rings. The molecular weight excluding hydrogens is 198 g/mol. The smallest absolute Gasteiger partial charge is 0.119 e. The van der Waals surface area contributed by atoms with Gasteiger partial charge < -0.3 is 4.74 Å². The highest BCUT2D eigenvalue weighted by molar-refractivity contribution is 6.10. The van der Waals surface area contributed by atoms with E-state index in [4.69, 9.17) is 10.1 Å². The zero-order valence-electron chi connectivity index (χ0n) is 9.10. The fourth-order valence-corrected chi connectivity index (χ4v) is 1.55. The van der Waals surface area contributed by atoms with E-state index in [1.807, 2.05) is 54.6 Å². The molecule has 0 heterocycles. The molecule has 2 heteroatoms. The van der Waals surface area contributed by atoms with Gasteiger partial charge in [-0.2, -0.15) is 0 Å². The average Bonchev–Trinajstić information content (AvgIpc) is 2.39. The molecule has 2 aromatic rings. The summed E-state index contributed by atoms with van der Waals surface area (Å²) in [4.78, 5) is 0. The number of hydrogen-bond acceptors (Lipinski definition) is 2. The van der Waals surface area contributed by atoms with Gasteiger partial charge >= 0.3 is 0 Å². The maximum absolute atomic E-state index is 8.09. The zero-order chi connectivity index (χ0) is 11.4. The van der Waals surface area contributed by atoms with Crippen LogP contribution in [0.1, 0.15) is 11.1 Å². The van der Waals surface area contributed by atoms with E-state index in [1.54, 1.807) is 7.11 Å². The summed E-state index contributed by atoms with van der Waals surface area (Å²) in [6, 6.07) is 17.2. The van der Waals surface area contributed by atoms with Gasteiger partial charge in [0.15, 0.2) is 0 Å². The molecule has 0 saturated heterocycles. The summed E-state index contributed by atoms with van der Waals surface area (Å²) >= 11 is 0. The minimum absolute atomic E-state index is 0.513. The van der Waals surface area contributed by atoms with Crippen LogP contribution >= 0.6 is 0 Å². The predicted octanol–water partition coefficient (Wildman–Crippen LogP) is 3.11. The molecule has 0 aliphatic rings. The van der Waals surface area contributed by atoms with Crippen LogP contribution in [0.5, 0.6) is 5.75 Å². The van der Waals surface area contributed by atoms with Gasteiger partial charge in [0.05, 0.1) is 12.8 Å². The number of benzene rings is 2. The third-order valence-electron chi connectivity index (χ3n) is 2.42. The minimum atomic E-state index is 0.513. The van der Waals surface area contributed by atoms with Crippen LogP contribution < -0.4 is 4.74 Å². The molecule has 2 aromatic carbocycles. The highest BCUT2D eigenvalue weighted by Gasteiger charge is 2.04. The van der Waals surface area contributed by atoms with Crippen molar-refractivity contribution in [2.24, 2.45) is 0 Å². The Morgan fingerprint density at radius 1 is 0.938 bits per heavy atom. The molecule has 0 amide bonds. The SMILES string of the molecule is COc1cccc(C(=N)c2ccccc2)c1. The van der Waals surface area contributed by atoms with Crippen LogP contribution in [-0.4, -0.2) is 12.8 Å². The summed E-state index contributed by atoms with van der Waals surface area (Å²) in [6.45, 7) is 0. The van der Waals surface area contributed by atoms with E-state index in [-0.39, 0.29) is 0 Å². The largest absolute Gasteiger partial charge is 0.497 e. The summed E-state index contributed by atoms with van der Waals surface area (Å²) in [5.41, 5.74) is 2.29. The van der Waals surface area contributed by atoms with Crippen molar-refractivity contribution < 1.29 is 4.74 Å². The third-order valence-corrected chi connectivity index (χ3v) is 2.42. The van der Waals surface area contributed by atoms with Crippen molar-refractivity contribution in [1.29, 1.82) is 5.41 Å². The van der Waals surface area contributed by atoms with Gasteiger partial charge in [0.25, 0.3) is 0 Å². The van der Waals surface area contributed by atoms with E-state index in [0.717, 1.165) is 16.9 Å². The van der Waals surface area contributed by atoms with Gasteiger partial charge in [-0.15, -0.1) is 0 Å². The van der Waals surface area contributed by atoms with Crippen molar-refractivity contribution in [1.82, 2.24) is 0 Å². The van der Waals surface area contributed by atoms with E-state index in [0.29, 0.717) is 5.71 Å². The average molecular weight is 211 g/mol. The Hall–Kier alpha value is -2.09. The monoisotopic (exact) mass is 211 g/mol. The second kappa shape index (κ2) is 4.62. The lowest BCUT2D eigenvalue weighted by Gasteiger charge is -2.06. The Labute approximate surface area is 95.0 Å². The number of rotatable bonds is 3. The molecule has 0 bridgehead atoms. The summed E-state index contributed by atoms with van der Waals surface area (Å²) in [6.07, 6.45) is 0. The molecule has 80 valence electrons. The molecule has 0 aromatic heterocycles. The van der Waals surface area contributed by atoms with Gasteiger partial charge in [0.1, 0.15) is 5.75 Å². The highest BCUT2D eigenvalue weighted by atomic mass is 16.5. The van der Waals surface area contributed by atoms with Gasteiger partial charge in [-0.3, -0.25) is 5.41 Å². The maximum Gasteiger partial charge on any atom is 0.119 e.